The fraction of sp³-hybridized carbons (Fsp3) is 0.276. The van der Waals surface area contributed by atoms with Crippen molar-refractivity contribution in [2.75, 3.05) is 13.9 Å². The number of ether oxygens (including phenoxy) is 4. The predicted octanol–water partition coefficient (Wildman–Crippen LogP) is 5.65. The predicted molar refractivity (Wildman–Crippen MR) is 141 cm³/mol. The molecule has 0 atom stereocenters. The molecule has 0 spiro atoms. The second-order valence-corrected chi connectivity index (χ2v) is 9.19. The quantitative estimate of drug-likeness (QED) is 0.197. The number of aromatic nitrogens is 3. The lowest BCUT2D eigenvalue weighted by Crippen LogP contribution is -2.17. The number of methoxy groups -OCH3 is 1. The first kappa shape index (κ1) is 28.3. The van der Waals surface area contributed by atoms with Gasteiger partial charge in [-0.1, -0.05) is 42.5 Å². The van der Waals surface area contributed by atoms with Gasteiger partial charge in [0.25, 0.3) is 12.4 Å². The molecule has 38 heavy (non-hydrogen) atoms. The molecule has 0 bridgehead atoms. The van der Waals surface area contributed by atoms with Crippen molar-refractivity contribution in [1.29, 1.82) is 0 Å². The Morgan fingerprint density at radius 1 is 0.974 bits per heavy atom. The van der Waals surface area contributed by atoms with E-state index in [1.165, 1.54) is 12.1 Å². The number of carbonyl (C=O) groups excluding carboxylic acids is 1. The molecular formula is C29H32FN3O5. The standard InChI is InChI=1S/C24H22FN3O3.C5H10O2/c1-29-17-31-24-22(30-16-18-5-3-2-4-6-18)13-26-23(27-24)15-28-12-11-20(14-28)19-7-9-21(25)10-8-19;1-5(2,3)7-4-6/h2-14H,15-17H2,1H3;4H,1-3H3. The Morgan fingerprint density at radius 2 is 1.71 bits per heavy atom. The van der Waals surface area contributed by atoms with Crippen LogP contribution in [0.15, 0.2) is 79.3 Å². The molecule has 0 N–H and O–H groups in total. The summed E-state index contributed by atoms with van der Waals surface area (Å²) in [6.07, 6.45) is 5.50. The van der Waals surface area contributed by atoms with Gasteiger partial charge in [0.1, 0.15) is 18.0 Å². The Balaban J connectivity index is 0.000000505. The second kappa shape index (κ2) is 13.9. The first-order chi connectivity index (χ1) is 18.3. The van der Waals surface area contributed by atoms with Crippen LogP contribution >= 0.6 is 0 Å². The number of carbonyl (C=O) groups is 1. The number of benzene rings is 2. The summed E-state index contributed by atoms with van der Waals surface area (Å²) in [5, 5.41) is 0. The van der Waals surface area contributed by atoms with Gasteiger partial charge in [0.15, 0.2) is 18.4 Å². The highest BCUT2D eigenvalue weighted by molar-refractivity contribution is 5.62. The summed E-state index contributed by atoms with van der Waals surface area (Å²) in [6.45, 7) is 6.80. The van der Waals surface area contributed by atoms with Crippen molar-refractivity contribution < 1.29 is 28.1 Å². The van der Waals surface area contributed by atoms with Gasteiger partial charge in [0.2, 0.25) is 0 Å². The minimum Gasteiger partial charge on any atom is -0.482 e. The van der Waals surface area contributed by atoms with E-state index in [4.69, 9.17) is 14.2 Å². The van der Waals surface area contributed by atoms with Crippen LogP contribution in [0, 0.1) is 5.82 Å². The van der Waals surface area contributed by atoms with Gasteiger partial charge < -0.3 is 23.5 Å². The van der Waals surface area contributed by atoms with E-state index in [1.54, 1.807) is 25.4 Å². The van der Waals surface area contributed by atoms with Crippen LogP contribution in [0.2, 0.25) is 0 Å². The molecule has 2 heterocycles. The zero-order valence-electron chi connectivity index (χ0n) is 22.0. The molecule has 0 saturated heterocycles. The molecular weight excluding hydrogens is 489 g/mol. The van der Waals surface area contributed by atoms with Crippen LogP contribution in [0.25, 0.3) is 11.1 Å². The molecule has 4 aromatic rings. The normalized spacial score (nSPS) is 10.8. The van der Waals surface area contributed by atoms with Gasteiger partial charge in [-0.3, -0.25) is 4.79 Å². The fourth-order valence-electron chi connectivity index (χ4n) is 3.18. The van der Waals surface area contributed by atoms with Crippen molar-refractivity contribution in [2.24, 2.45) is 0 Å². The van der Waals surface area contributed by atoms with Gasteiger partial charge in [-0.25, -0.2) is 9.37 Å². The summed E-state index contributed by atoms with van der Waals surface area (Å²) in [4.78, 5) is 18.5. The molecule has 2 aromatic carbocycles. The van der Waals surface area contributed by atoms with E-state index in [0.717, 1.165) is 16.7 Å². The molecule has 9 heteroatoms. The van der Waals surface area contributed by atoms with Crippen LogP contribution < -0.4 is 9.47 Å². The number of hydrogen-bond donors (Lipinski definition) is 0. The topological polar surface area (TPSA) is 84.7 Å². The van der Waals surface area contributed by atoms with E-state index >= 15 is 0 Å². The third-order valence-corrected chi connectivity index (χ3v) is 4.98. The first-order valence-corrected chi connectivity index (χ1v) is 11.9. The van der Waals surface area contributed by atoms with Crippen LogP contribution in [0.3, 0.4) is 0 Å². The van der Waals surface area contributed by atoms with Crippen LogP contribution in [0.5, 0.6) is 11.6 Å². The van der Waals surface area contributed by atoms with E-state index in [1.807, 2.05) is 74.1 Å². The SMILES string of the molecule is CC(C)(C)OC=O.COCOc1nc(Cn2ccc(-c3ccc(F)cc3)c2)ncc1OCc1ccccc1. The summed E-state index contributed by atoms with van der Waals surface area (Å²) in [7, 11) is 1.55. The zero-order chi connectivity index (χ0) is 27.4. The zero-order valence-corrected chi connectivity index (χ0v) is 22.0. The largest absolute Gasteiger partial charge is 0.482 e. The van der Waals surface area contributed by atoms with Crippen molar-refractivity contribution in [3.8, 4) is 22.8 Å². The van der Waals surface area contributed by atoms with E-state index < -0.39 is 0 Å². The minimum absolute atomic E-state index is 0.0520. The molecule has 0 radical (unpaired) electrons. The molecule has 0 aliphatic carbocycles. The second-order valence-electron chi connectivity index (χ2n) is 9.19. The van der Waals surface area contributed by atoms with Gasteiger partial charge in [-0.15, -0.1) is 0 Å². The highest BCUT2D eigenvalue weighted by atomic mass is 19.1. The van der Waals surface area contributed by atoms with Gasteiger partial charge >= 0.3 is 0 Å². The van der Waals surface area contributed by atoms with Crippen molar-refractivity contribution in [3.63, 3.8) is 0 Å². The monoisotopic (exact) mass is 521 g/mol. The Labute approximate surface area is 222 Å². The molecule has 8 nitrogen and oxygen atoms in total. The summed E-state index contributed by atoms with van der Waals surface area (Å²) in [5.41, 5.74) is 2.64. The van der Waals surface area contributed by atoms with E-state index in [0.29, 0.717) is 37.1 Å². The molecule has 200 valence electrons. The summed E-state index contributed by atoms with van der Waals surface area (Å²) >= 11 is 0. The fourth-order valence-corrected chi connectivity index (χ4v) is 3.18. The molecule has 0 fully saturated rings. The maximum Gasteiger partial charge on any atom is 0.293 e. The first-order valence-electron chi connectivity index (χ1n) is 11.9. The number of rotatable bonds is 10. The lowest BCUT2D eigenvalue weighted by atomic mass is 10.1. The lowest BCUT2D eigenvalue weighted by Gasteiger charge is -2.14. The molecule has 0 aliphatic heterocycles. The van der Waals surface area contributed by atoms with Crippen LogP contribution in [-0.2, 0) is 27.4 Å². The molecule has 2 aromatic heterocycles. The van der Waals surface area contributed by atoms with Gasteiger partial charge in [0.05, 0.1) is 12.7 Å². The van der Waals surface area contributed by atoms with E-state index in [9.17, 15) is 9.18 Å². The lowest BCUT2D eigenvalue weighted by molar-refractivity contribution is -0.138. The third kappa shape index (κ3) is 9.33. The molecule has 0 saturated carbocycles. The Kier molecular flexibility index (Phi) is 10.4. The van der Waals surface area contributed by atoms with Gasteiger partial charge in [-0.05, 0) is 55.7 Å². The molecule has 4 rings (SSSR count). The average Bonchev–Trinajstić information content (AvgIpc) is 3.36. The van der Waals surface area contributed by atoms with Gasteiger partial charge in [-0.2, -0.15) is 4.98 Å². The van der Waals surface area contributed by atoms with Gasteiger partial charge in [0, 0.05) is 19.5 Å². The molecule has 0 amide bonds. The Bertz CT molecular complexity index is 1270. The average molecular weight is 522 g/mol. The number of hydrogen-bond acceptors (Lipinski definition) is 7. The third-order valence-electron chi connectivity index (χ3n) is 4.98. The van der Waals surface area contributed by atoms with Crippen molar-refractivity contribution in [1.82, 2.24) is 14.5 Å². The minimum atomic E-state index is -0.318. The molecule has 0 aliphatic rings. The smallest absolute Gasteiger partial charge is 0.293 e. The Morgan fingerprint density at radius 3 is 2.34 bits per heavy atom. The van der Waals surface area contributed by atoms with Crippen molar-refractivity contribution in [3.05, 3.63) is 96.5 Å². The summed E-state index contributed by atoms with van der Waals surface area (Å²) in [6, 6.07) is 18.2. The molecule has 0 unspecified atom stereocenters. The number of nitrogens with zero attached hydrogens (tertiary/aromatic N) is 3. The highest BCUT2D eigenvalue weighted by Crippen LogP contribution is 2.26. The maximum atomic E-state index is 13.2. The van der Waals surface area contributed by atoms with Crippen molar-refractivity contribution in [2.45, 2.75) is 39.5 Å². The summed E-state index contributed by atoms with van der Waals surface area (Å²) < 4.78 is 36.1. The van der Waals surface area contributed by atoms with E-state index in [-0.39, 0.29) is 18.2 Å². The Hall–Kier alpha value is -4.24. The van der Waals surface area contributed by atoms with Crippen molar-refractivity contribution >= 4 is 6.47 Å². The van der Waals surface area contributed by atoms with Crippen LogP contribution in [0.1, 0.15) is 32.2 Å². The maximum absolute atomic E-state index is 13.2. The van der Waals surface area contributed by atoms with Crippen LogP contribution in [0.4, 0.5) is 4.39 Å². The summed E-state index contributed by atoms with van der Waals surface area (Å²) in [5.74, 6) is 1.09. The highest BCUT2D eigenvalue weighted by Gasteiger charge is 2.12. The number of halogens is 1. The van der Waals surface area contributed by atoms with Crippen LogP contribution in [-0.4, -0.2) is 40.5 Å². The van der Waals surface area contributed by atoms with E-state index in [2.05, 4.69) is 14.7 Å².